The van der Waals surface area contributed by atoms with Crippen LogP contribution in [0.15, 0.2) is 42.5 Å². The van der Waals surface area contributed by atoms with E-state index < -0.39 is 12.0 Å². The monoisotopic (exact) mass is 352 g/mol. The Hall–Kier alpha value is -3.15. The van der Waals surface area contributed by atoms with Crippen molar-refractivity contribution in [1.29, 1.82) is 0 Å². The van der Waals surface area contributed by atoms with Crippen molar-refractivity contribution in [3.63, 3.8) is 0 Å². The first-order valence-corrected chi connectivity index (χ1v) is 8.37. The summed E-state index contributed by atoms with van der Waals surface area (Å²) in [6.07, 6.45) is -0.0115. The lowest BCUT2D eigenvalue weighted by Crippen LogP contribution is -2.35. The number of carboxylic acid groups (broad SMARTS) is 1. The molecule has 0 radical (unpaired) electrons. The highest BCUT2D eigenvalue weighted by Gasteiger charge is 2.39. The van der Waals surface area contributed by atoms with Gasteiger partial charge in [-0.25, -0.2) is 4.90 Å². The Labute approximate surface area is 151 Å². The zero-order chi connectivity index (χ0) is 18.8. The van der Waals surface area contributed by atoms with Crippen LogP contribution in [0.3, 0.4) is 0 Å². The van der Waals surface area contributed by atoms with Crippen LogP contribution in [0.5, 0.6) is 0 Å². The molecule has 1 heterocycles. The standard InChI is InChI=1S/C20H20N2O4/c1-12-4-3-5-13(2)19(12)21-16-11-17(23)22(20(16)26)15-8-6-14(7-9-15)10-18(24)25/h3-9,16,21H,10-11H2,1-2H3,(H,24,25). The molecule has 0 aromatic heterocycles. The molecular weight excluding hydrogens is 332 g/mol. The molecule has 1 unspecified atom stereocenters. The van der Waals surface area contributed by atoms with E-state index in [0.29, 0.717) is 11.3 Å². The Morgan fingerprint density at radius 3 is 2.31 bits per heavy atom. The van der Waals surface area contributed by atoms with Crippen LogP contribution in [0.4, 0.5) is 11.4 Å². The number of hydrogen-bond donors (Lipinski definition) is 2. The third kappa shape index (κ3) is 3.44. The van der Waals surface area contributed by atoms with Crippen LogP contribution < -0.4 is 10.2 Å². The smallest absolute Gasteiger partial charge is 0.307 e. The molecule has 1 atom stereocenters. The van der Waals surface area contributed by atoms with Gasteiger partial charge in [-0.15, -0.1) is 0 Å². The van der Waals surface area contributed by atoms with Crippen LogP contribution in [0.1, 0.15) is 23.1 Å². The molecule has 1 saturated heterocycles. The van der Waals surface area contributed by atoms with Crippen LogP contribution >= 0.6 is 0 Å². The number of carbonyl (C=O) groups excluding carboxylic acids is 2. The summed E-state index contributed by atoms with van der Waals surface area (Å²) in [4.78, 5) is 37.1. The van der Waals surface area contributed by atoms with Crippen LogP contribution in [0.2, 0.25) is 0 Å². The van der Waals surface area contributed by atoms with Crippen molar-refractivity contribution in [1.82, 2.24) is 0 Å². The number of para-hydroxylation sites is 1. The number of imide groups is 1. The van der Waals surface area contributed by atoms with Gasteiger partial charge in [0, 0.05) is 5.69 Å². The topological polar surface area (TPSA) is 86.7 Å². The van der Waals surface area contributed by atoms with Crippen LogP contribution in [0.25, 0.3) is 0 Å². The molecule has 1 aliphatic heterocycles. The molecule has 134 valence electrons. The van der Waals surface area contributed by atoms with Gasteiger partial charge in [-0.1, -0.05) is 30.3 Å². The van der Waals surface area contributed by atoms with E-state index in [1.165, 1.54) is 0 Å². The number of anilines is 2. The molecule has 2 N–H and O–H groups in total. The van der Waals surface area contributed by atoms with Crippen LogP contribution in [-0.4, -0.2) is 28.9 Å². The minimum absolute atomic E-state index is 0.0868. The van der Waals surface area contributed by atoms with Crippen molar-refractivity contribution in [2.24, 2.45) is 0 Å². The van der Waals surface area contributed by atoms with Crippen molar-refractivity contribution in [3.05, 3.63) is 59.2 Å². The molecule has 6 heteroatoms. The summed E-state index contributed by atoms with van der Waals surface area (Å²) < 4.78 is 0. The molecule has 1 fully saturated rings. The average molecular weight is 352 g/mol. The van der Waals surface area contributed by atoms with Crippen molar-refractivity contribution < 1.29 is 19.5 Å². The summed E-state index contributed by atoms with van der Waals surface area (Å²) >= 11 is 0. The van der Waals surface area contributed by atoms with Crippen molar-refractivity contribution in [3.8, 4) is 0 Å². The van der Waals surface area contributed by atoms with Crippen LogP contribution in [0, 0.1) is 13.8 Å². The lowest BCUT2D eigenvalue weighted by Gasteiger charge is -2.18. The number of nitrogens with zero attached hydrogens (tertiary/aromatic N) is 1. The Morgan fingerprint density at radius 1 is 1.12 bits per heavy atom. The minimum Gasteiger partial charge on any atom is -0.481 e. The number of aryl methyl sites for hydroxylation is 2. The summed E-state index contributed by atoms with van der Waals surface area (Å²) in [6.45, 7) is 3.91. The molecule has 0 aliphatic carbocycles. The van der Waals surface area contributed by atoms with Gasteiger partial charge in [-0.2, -0.15) is 0 Å². The molecule has 2 amide bonds. The fourth-order valence-corrected chi connectivity index (χ4v) is 3.17. The number of hydrogen-bond acceptors (Lipinski definition) is 4. The molecule has 0 saturated carbocycles. The van der Waals surface area contributed by atoms with E-state index in [-0.39, 0.29) is 24.7 Å². The summed E-state index contributed by atoms with van der Waals surface area (Å²) in [5.41, 5.74) is 3.98. The summed E-state index contributed by atoms with van der Waals surface area (Å²) in [5.74, 6) is -1.50. The van der Waals surface area contributed by atoms with Crippen LogP contribution in [-0.2, 0) is 20.8 Å². The van der Waals surface area contributed by atoms with E-state index in [4.69, 9.17) is 5.11 Å². The number of benzene rings is 2. The number of carboxylic acids is 1. The third-order valence-electron chi connectivity index (χ3n) is 4.50. The number of nitrogens with one attached hydrogen (secondary N) is 1. The Bertz CT molecular complexity index is 854. The quantitative estimate of drug-likeness (QED) is 0.808. The zero-order valence-electron chi connectivity index (χ0n) is 14.7. The molecule has 0 spiro atoms. The van der Waals surface area contributed by atoms with Gasteiger partial charge in [0.25, 0.3) is 5.91 Å². The Balaban J connectivity index is 1.80. The third-order valence-corrected chi connectivity index (χ3v) is 4.50. The number of carbonyl (C=O) groups is 3. The van der Waals surface area contributed by atoms with Gasteiger partial charge in [0.05, 0.1) is 18.5 Å². The average Bonchev–Trinajstić information content (AvgIpc) is 2.85. The molecule has 2 aromatic carbocycles. The highest BCUT2D eigenvalue weighted by atomic mass is 16.4. The Morgan fingerprint density at radius 2 is 1.73 bits per heavy atom. The number of aliphatic carboxylic acids is 1. The van der Waals surface area contributed by atoms with Gasteiger partial charge in [0.2, 0.25) is 5.91 Å². The number of rotatable bonds is 5. The lowest BCUT2D eigenvalue weighted by molar-refractivity contribution is -0.136. The Kier molecular flexibility index (Phi) is 4.75. The largest absolute Gasteiger partial charge is 0.481 e. The molecule has 1 aliphatic rings. The van der Waals surface area contributed by atoms with E-state index in [0.717, 1.165) is 21.7 Å². The second-order valence-corrected chi connectivity index (χ2v) is 6.47. The van der Waals surface area contributed by atoms with Gasteiger partial charge in [0.1, 0.15) is 6.04 Å². The summed E-state index contributed by atoms with van der Waals surface area (Å²) in [6, 6.07) is 11.7. The van der Waals surface area contributed by atoms with E-state index in [9.17, 15) is 14.4 Å². The van der Waals surface area contributed by atoms with Crippen molar-refractivity contribution in [2.45, 2.75) is 32.7 Å². The van der Waals surface area contributed by atoms with E-state index in [1.54, 1.807) is 24.3 Å². The maximum absolute atomic E-state index is 12.8. The number of amides is 2. The molecule has 3 rings (SSSR count). The molecular formula is C20H20N2O4. The predicted octanol–water partition coefficient (Wildman–Crippen LogP) is 2.67. The zero-order valence-corrected chi connectivity index (χ0v) is 14.7. The second-order valence-electron chi connectivity index (χ2n) is 6.47. The van der Waals surface area contributed by atoms with Gasteiger partial charge < -0.3 is 10.4 Å². The SMILES string of the molecule is Cc1cccc(C)c1NC1CC(=O)N(c2ccc(CC(=O)O)cc2)C1=O. The fourth-order valence-electron chi connectivity index (χ4n) is 3.17. The summed E-state index contributed by atoms with van der Waals surface area (Å²) in [5, 5.41) is 12.0. The summed E-state index contributed by atoms with van der Waals surface area (Å²) in [7, 11) is 0. The fraction of sp³-hybridized carbons (Fsp3) is 0.250. The van der Waals surface area contributed by atoms with E-state index in [2.05, 4.69) is 5.32 Å². The molecule has 2 aromatic rings. The first-order chi connectivity index (χ1) is 12.4. The highest BCUT2D eigenvalue weighted by molar-refractivity contribution is 6.23. The van der Waals surface area contributed by atoms with Gasteiger partial charge in [0.15, 0.2) is 0 Å². The molecule has 6 nitrogen and oxygen atoms in total. The predicted molar refractivity (Wildman–Crippen MR) is 98.2 cm³/mol. The maximum atomic E-state index is 12.8. The van der Waals surface area contributed by atoms with Crippen molar-refractivity contribution >= 4 is 29.2 Å². The van der Waals surface area contributed by atoms with Gasteiger partial charge in [-0.3, -0.25) is 14.4 Å². The van der Waals surface area contributed by atoms with E-state index >= 15 is 0 Å². The molecule has 0 bridgehead atoms. The minimum atomic E-state index is -0.927. The van der Waals surface area contributed by atoms with Gasteiger partial charge in [-0.05, 0) is 42.7 Å². The first kappa shape index (κ1) is 17.7. The van der Waals surface area contributed by atoms with E-state index in [1.807, 2.05) is 32.0 Å². The maximum Gasteiger partial charge on any atom is 0.307 e. The highest BCUT2D eigenvalue weighted by Crippen LogP contribution is 2.27. The normalized spacial score (nSPS) is 16.8. The lowest BCUT2D eigenvalue weighted by atomic mass is 10.1. The van der Waals surface area contributed by atoms with Crippen molar-refractivity contribution in [2.75, 3.05) is 10.2 Å². The second kappa shape index (κ2) is 7.00. The first-order valence-electron chi connectivity index (χ1n) is 8.37. The van der Waals surface area contributed by atoms with Gasteiger partial charge >= 0.3 is 5.97 Å². The molecule has 26 heavy (non-hydrogen) atoms.